The highest BCUT2D eigenvalue weighted by Crippen LogP contribution is 2.30. The van der Waals surface area contributed by atoms with Crippen molar-refractivity contribution in [2.45, 2.75) is 64.5 Å². The van der Waals surface area contributed by atoms with Gasteiger partial charge in [0.1, 0.15) is 0 Å². The van der Waals surface area contributed by atoms with E-state index in [2.05, 4.69) is 24.1 Å². The zero-order valence-electron chi connectivity index (χ0n) is 12.9. The smallest absolute Gasteiger partial charge is 0.0593 e. The predicted molar refractivity (Wildman–Crippen MR) is 80.5 cm³/mol. The van der Waals surface area contributed by atoms with Crippen molar-refractivity contribution in [1.82, 2.24) is 10.2 Å². The molecule has 1 N–H and O–H groups in total. The molecule has 1 saturated carbocycles. The highest BCUT2D eigenvalue weighted by atomic mass is 16.5. The maximum absolute atomic E-state index is 5.69. The van der Waals surface area contributed by atoms with Gasteiger partial charge in [0.25, 0.3) is 0 Å². The molecule has 1 saturated heterocycles. The molecule has 0 aromatic carbocycles. The molecule has 3 heteroatoms. The SMILES string of the molecule is CCCOCCN1CC(C)NCC1C1CCCCC1. The Morgan fingerprint density at radius 1 is 1.16 bits per heavy atom. The van der Waals surface area contributed by atoms with Crippen molar-refractivity contribution in [2.75, 3.05) is 32.8 Å². The third kappa shape index (κ3) is 4.73. The summed E-state index contributed by atoms with van der Waals surface area (Å²) in [7, 11) is 0. The molecular formula is C16H32N2O. The van der Waals surface area contributed by atoms with Gasteiger partial charge in [-0.2, -0.15) is 0 Å². The Morgan fingerprint density at radius 2 is 1.95 bits per heavy atom. The number of hydrogen-bond donors (Lipinski definition) is 1. The number of ether oxygens (including phenoxy) is 1. The topological polar surface area (TPSA) is 24.5 Å². The van der Waals surface area contributed by atoms with Gasteiger partial charge in [0, 0.05) is 38.3 Å². The van der Waals surface area contributed by atoms with E-state index in [1.807, 2.05) is 0 Å². The Bertz CT molecular complexity index is 241. The summed E-state index contributed by atoms with van der Waals surface area (Å²) in [6.45, 7) is 9.79. The van der Waals surface area contributed by atoms with E-state index in [1.54, 1.807) is 0 Å². The summed E-state index contributed by atoms with van der Waals surface area (Å²) in [6, 6.07) is 1.38. The van der Waals surface area contributed by atoms with Crippen molar-refractivity contribution in [1.29, 1.82) is 0 Å². The maximum Gasteiger partial charge on any atom is 0.0593 e. The van der Waals surface area contributed by atoms with Crippen molar-refractivity contribution in [3.05, 3.63) is 0 Å². The summed E-state index contributed by atoms with van der Waals surface area (Å²) < 4.78 is 5.69. The van der Waals surface area contributed by atoms with Crippen LogP contribution >= 0.6 is 0 Å². The fraction of sp³-hybridized carbons (Fsp3) is 1.00. The summed E-state index contributed by atoms with van der Waals surface area (Å²) in [4.78, 5) is 2.70. The van der Waals surface area contributed by atoms with Crippen LogP contribution in [-0.2, 0) is 4.74 Å². The minimum absolute atomic E-state index is 0.631. The lowest BCUT2D eigenvalue weighted by Gasteiger charge is -2.44. The summed E-state index contributed by atoms with van der Waals surface area (Å²) in [5, 5.41) is 3.68. The molecule has 1 aliphatic heterocycles. The van der Waals surface area contributed by atoms with Crippen LogP contribution in [0.1, 0.15) is 52.4 Å². The van der Waals surface area contributed by atoms with Crippen LogP contribution in [0.25, 0.3) is 0 Å². The molecule has 2 atom stereocenters. The number of rotatable bonds is 6. The molecule has 1 aliphatic carbocycles. The molecule has 0 amide bonds. The van der Waals surface area contributed by atoms with Crippen LogP contribution in [0.15, 0.2) is 0 Å². The third-order valence-corrected chi connectivity index (χ3v) is 4.72. The fourth-order valence-electron chi connectivity index (χ4n) is 3.67. The first-order valence-electron chi connectivity index (χ1n) is 8.36. The Labute approximate surface area is 119 Å². The van der Waals surface area contributed by atoms with Crippen LogP contribution in [0.5, 0.6) is 0 Å². The molecule has 2 rings (SSSR count). The minimum Gasteiger partial charge on any atom is -0.380 e. The molecule has 0 radical (unpaired) electrons. The van der Waals surface area contributed by atoms with Gasteiger partial charge < -0.3 is 10.1 Å². The molecule has 19 heavy (non-hydrogen) atoms. The number of hydrogen-bond acceptors (Lipinski definition) is 3. The van der Waals surface area contributed by atoms with E-state index >= 15 is 0 Å². The Balaban J connectivity index is 1.82. The van der Waals surface area contributed by atoms with E-state index in [9.17, 15) is 0 Å². The van der Waals surface area contributed by atoms with E-state index in [-0.39, 0.29) is 0 Å². The lowest BCUT2D eigenvalue weighted by Crippen LogP contribution is -2.58. The molecule has 1 heterocycles. The average Bonchev–Trinajstić information content (AvgIpc) is 2.45. The molecule has 0 aromatic rings. The first-order chi connectivity index (χ1) is 9.31. The molecule has 2 aliphatic rings. The zero-order valence-corrected chi connectivity index (χ0v) is 12.9. The van der Waals surface area contributed by atoms with Crippen LogP contribution in [0.2, 0.25) is 0 Å². The molecule has 2 unspecified atom stereocenters. The van der Waals surface area contributed by atoms with Crippen molar-refractivity contribution < 1.29 is 4.74 Å². The lowest BCUT2D eigenvalue weighted by atomic mass is 9.82. The van der Waals surface area contributed by atoms with Gasteiger partial charge in [-0.05, 0) is 32.1 Å². The second kappa shape index (κ2) is 8.23. The van der Waals surface area contributed by atoms with Crippen molar-refractivity contribution >= 4 is 0 Å². The third-order valence-electron chi connectivity index (χ3n) is 4.72. The van der Waals surface area contributed by atoms with E-state index in [0.29, 0.717) is 6.04 Å². The van der Waals surface area contributed by atoms with Gasteiger partial charge >= 0.3 is 0 Å². The van der Waals surface area contributed by atoms with Gasteiger partial charge in [-0.25, -0.2) is 0 Å². The van der Waals surface area contributed by atoms with Crippen molar-refractivity contribution in [2.24, 2.45) is 5.92 Å². The standard InChI is InChI=1S/C16H32N2O/c1-3-10-19-11-9-18-13-14(2)17-12-16(18)15-7-5-4-6-8-15/h14-17H,3-13H2,1-2H3. The Kier molecular flexibility index (Phi) is 6.62. The predicted octanol–water partition coefficient (Wildman–Crippen LogP) is 2.66. The molecule has 0 aromatic heterocycles. The summed E-state index contributed by atoms with van der Waals surface area (Å²) in [5.41, 5.74) is 0. The Hall–Kier alpha value is -0.120. The quantitative estimate of drug-likeness (QED) is 0.750. The Morgan fingerprint density at radius 3 is 2.68 bits per heavy atom. The van der Waals surface area contributed by atoms with Crippen LogP contribution in [0.3, 0.4) is 0 Å². The summed E-state index contributed by atoms with van der Waals surface area (Å²) in [6.07, 6.45) is 8.34. The van der Waals surface area contributed by atoms with Gasteiger partial charge in [0.2, 0.25) is 0 Å². The largest absolute Gasteiger partial charge is 0.380 e. The van der Waals surface area contributed by atoms with E-state index in [1.165, 1.54) is 45.2 Å². The van der Waals surface area contributed by atoms with Crippen molar-refractivity contribution in [3.63, 3.8) is 0 Å². The van der Waals surface area contributed by atoms with Gasteiger partial charge in [0.05, 0.1) is 6.61 Å². The number of nitrogens with one attached hydrogen (secondary N) is 1. The van der Waals surface area contributed by atoms with E-state index in [0.717, 1.165) is 38.1 Å². The molecular weight excluding hydrogens is 236 g/mol. The van der Waals surface area contributed by atoms with Gasteiger partial charge in [-0.1, -0.05) is 26.2 Å². The monoisotopic (exact) mass is 268 g/mol. The first-order valence-corrected chi connectivity index (χ1v) is 8.36. The number of nitrogens with zero attached hydrogens (tertiary/aromatic N) is 1. The van der Waals surface area contributed by atoms with Crippen LogP contribution in [0, 0.1) is 5.92 Å². The lowest BCUT2D eigenvalue weighted by molar-refractivity contribution is 0.0386. The van der Waals surface area contributed by atoms with Crippen LogP contribution < -0.4 is 5.32 Å². The average molecular weight is 268 g/mol. The molecule has 3 nitrogen and oxygen atoms in total. The van der Waals surface area contributed by atoms with Crippen LogP contribution in [0.4, 0.5) is 0 Å². The van der Waals surface area contributed by atoms with Gasteiger partial charge in [-0.15, -0.1) is 0 Å². The normalized spacial score (nSPS) is 30.6. The molecule has 112 valence electrons. The highest BCUT2D eigenvalue weighted by molar-refractivity contribution is 4.89. The maximum atomic E-state index is 5.69. The fourth-order valence-corrected chi connectivity index (χ4v) is 3.67. The van der Waals surface area contributed by atoms with Crippen molar-refractivity contribution in [3.8, 4) is 0 Å². The zero-order chi connectivity index (χ0) is 13.5. The summed E-state index contributed by atoms with van der Waals surface area (Å²) in [5.74, 6) is 0.917. The molecule has 0 spiro atoms. The second-order valence-electron chi connectivity index (χ2n) is 6.38. The summed E-state index contributed by atoms with van der Waals surface area (Å²) >= 11 is 0. The second-order valence-corrected chi connectivity index (χ2v) is 6.38. The van der Waals surface area contributed by atoms with E-state index in [4.69, 9.17) is 4.74 Å². The van der Waals surface area contributed by atoms with Gasteiger partial charge in [0.15, 0.2) is 0 Å². The minimum atomic E-state index is 0.631. The van der Waals surface area contributed by atoms with E-state index < -0.39 is 0 Å². The number of piperazine rings is 1. The first kappa shape index (κ1) is 15.3. The van der Waals surface area contributed by atoms with Gasteiger partial charge in [-0.3, -0.25) is 4.90 Å². The highest BCUT2D eigenvalue weighted by Gasteiger charge is 2.32. The molecule has 2 fully saturated rings. The molecule has 0 bridgehead atoms. The van der Waals surface area contributed by atoms with Crippen LogP contribution in [-0.4, -0.2) is 49.8 Å².